The molecule has 18 heavy (non-hydrogen) atoms. The SMILES string of the molecule is FC(F)(F)CCCCNC(=S)NC1CCCCC1. The molecule has 0 aromatic rings. The highest BCUT2D eigenvalue weighted by Crippen LogP contribution is 2.21. The molecule has 1 aliphatic rings. The summed E-state index contributed by atoms with van der Waals surface area (Å²) in [4.78, 5) is 0. The largest absolute Gasteiger partial charge is 0.389 e. The van der Waals surface area contributed by atoms with E-state index >= 15 is 0 Å². The normalized spacial score (nSPS) is 17.5. The molecule has 2 N–H and O–H groups in total. The summed E-state index contributed by atoms with van der Waals surface area (Å²) in [5.74, 6) is 0. The van der Waals surface area contributed by atoms with E-state index in [0.29, 0.717) is 24.1 Å². The maximum absolute atomic E-state index is 11.9. The van der Waals surface area contributed by atoms with Crippen molar-refractivity contribution in [3.63, 3.8) is 0 Å². The Morgan fingerprint density at radius 1 is 1.11 bits per heavy atom. The molecule has 0 radical (unpaired) electrons. The van der Waals surface area contributed by atoms with E-state index in [1.54, 1.807) is 0 Å². The number of halogens is 3. The summed E-state index contributed by atoms with van der Waals surface area (Å²) < 4.78 is 35.7. The number of unbranched alkanes of at least 4 members (excludes halogenated alkanes) is 1. The van der Waals surface area contributed by atoms with Crippen LogP contribution in [0.3, 0.4) is 0 Å². The Kier molecular flexibility index (Phi) is 6.75. The second-order valence-electron chi connectivity index (χ2n) is 4.81. The summed E-state index contributed by atoms with van der Waals surface area (Å²) in [6.07, 6.45) is 1.91. The number of rotatable bonds is 5. The molecular weight excluding hydrogens is 261 g/mol. The van der Waals surface area contributed by atoms with Crippen molar-refractivity contribution in [1.29, 1.82) is 0 Å². The fourth-order valence-corrected chi connectivity index (χ4v) is 2.40. The smallest absolute Gasteiger partial charge is 0.363 e. The Balaban J connectivity index is 1.99. The van der Waals surface area contributed by atoms with Gasteiger partial charge < -0.3 is 10.6 Å². The average Bonchev–Trinajstić information content (AvgIpc) is 2.28. The van der Waals surface area contributed by atoms with Crippen LogP contribution >= 0.6 is 12.2 Å². The molecule has 0 saturated heterocycles. The van der Waals surface area contributed by atoms with Gasteiger partial charge in [0.05, 0.1) is 0 Å². The van der Waals surface area contributed by atoms with E-state index in [1.807, 2.05) is 0 Å². The van der Waals surface area contributed by atoms with Crippen molar-refractivity contribution in [2.24, 2.45) is 0 Å². The van der Waals surface area contributed by atoms with Crippen molar-refractivity contribution in [2.45, 2.75) is 63.6 Å². The highest BCUT2D eigenvalue weighted by molar-refractivity contribution is 7.80. The number of hydrogen-bond donors (Lipinski definition) is 2. The van der Waals surface area contributed by atoms with Gasteiger partial charge in [-0.1, -0.05) is 19.3 Å². The Labute approximate surface area is 112 Å². The summed E-state index contributed by atoms with van der Waals surface area (Å²) >= 11 is 5.11. The summed E-state index contributed by atoms with van der Waals surface area (Å²) in [5.41, 5.74) is 0. The molecule has 1 aliphatic carbocycles. The van der Waals surface area contributed by atoms with Crippen LogP contribution in [0.2, 0.25) is 0 Å². The molecule has 1 rings (SSSR count). The van der Waals surface area contributed by atoms with E-state index in [4.69, 9.17) is 12.2 Å². The maximum atomic E-state index is 11.9. The van der Waals surface area contributed by atoms with Crippen molar-refractivity contribution in [2.75, 3.05) is 6.54 Å². The van der Waals surface area contributed by atoms with E-state index in [2.05, 4.69) is 10.6 Å². The third-order valence-corrected chi connectivity index (χ3v) is 3.38. The van der Waals surface area contributed by atoms with E-state index in [1.165, 1.54) is 19.3 Å². The molecule has 2 nitrogen and oxygen atoms in total. The van der Waals surface area contributed by atoms with Gasteiger partial charge in [-0.25, -0.2) is 0 Å². The first-order chi connectivity index (χ1) is 8.47. The van der Waals surface area contributed by atoms with Gasteiger partial charge >= 0.3 is 6.18 Å². The molecule has 0 bridgehead atoms. The van der Waals surface area contributed by atoms with Gasteiger partial charge in [0, 0.05) is 19.0 Å². The summed E-state index contributed by atoms with van der Waals surface area (Å²) in [7, 11) is 0. The van der Waals surface area contributed by atoms with Gasteiger partial charge in [-0.15, -0.1) is 0 Å². The third kappa shape index (κ3) is 7.74. The molecule has 106 valence electrons. The summed E-state index contributed by atoms with van der Waals surface area (Å²) in [6, 6.07) is 0.439. The van der Waals surface area contributed by atoms with E-state index in [0.717, 1.165) is 12.8 Å². The molecule has 0 unspecified atom stereocenters. The van der Waals surface area contributed by atoms with Gasteiger partial charge in [-0.3, -0.25) is 0 Å². The topological polar surface area (TPSA) is 24.1 Å². The Hall–Kier alpha value is -0.520. The van der Waals surface area contributed by atoms with Gasteiger partial charge in [0.1, 0.15) is 0 Å². The second kappa shape index (κ2) is 7.81. The van der Waals surface area contributed by atoms with Crippen LogP contribution in [-0.2, 0) is 0 Å². The predicted molar refractivity (Wildman–Crippen MR) is 70.5 cm³/mol. The Morgan fingerprint density at radius 2 is 1.78 bits per heavy atom. The van der Waals surface area contributed by atoms with Gasteiger partial charge in [0.15, 0.2) is 5.11 Å². The van der Waals surface area contributed by atoms with Gasteiger partial charge in [-0.05, 0) is 37.9 Å². The predicted octanol–water partition coefficient (Wildman–Crippen LogP) is 3.52. The fourth-order valence-electron chi connectivity index (χ4n) is 2.14. The standard InChI is InChI=1S/C12H21F3N2S/c13-12(14,15)8-4-5-9-16-11(18)17-10-6-2-1-3-7-10/h10H,1-9H2,(H2,16,17,18). The van der Waals surface area contributed by atoms with Crippen LogP contribution in [0.25, 0.3) is 0 Å². The number of hydrogen-bond acceptors (Lipinski definition) is 1. The molecular formula is C12H21F3N2S. The maximum Gasteiger partial charge on any atom is 0.389 e. The fraction of sp³-hybridized carbons (Fsp3) is 0.917. The lowest BCUT2D eigenvalue weighted by Gasteiger charge is -2.24. The van der Waals surface area contributed by atoms with E-state index < -0.39 is 12.6 Å². The van der Waals surface area contributed by atoms with Crippen LogP contribution in [-0.4, -0.2) is 23.9 Å². The first-order valence-corrected chi connectivity index (χ1v) is 6.99. The van der Waals surface area contributed by atoms with Crippen LogP contribution in [0.15, 0.2) is 0 Å². The third-order valence-electron chi connectivity index (χ3n) is 3.11. The van der Waals surface area contributed by atoms with Crippen LogP contribution in [0.4, 0.5) is 13.2 Å². The first kappa shape index (κ1) is 15.5. The molecule has 0 spiro atoms. The highest BCUT2D eigenvalue weighted by atomic mass is 32.1. The van der Waals surface area contributed by atoms with Crippen molar-refractivity contribution < 1.29 is 13.2 Å². The summed E-state index contributed by atoms with van der Waals surface area (Å²) in [5, 5.41) is 6.77. The molecule has 0 atom stereocenters. The van der Waals surface area contributed by atoms with Crippen LogP contribution in [0, 0.1) is 0 Å². The molecule has 0 amide bonds. The monoisotopic (exact) mass is 282 g/mol. The van der Waals surface area contributed by atoms with Gasteiger partial charge in [0.25, 0.3) is 0 Å². The zero-order valence-corrected chi connectivity index (χ0v) is 11.3. The van der Waals surface area contributed by atoms with Crippen molar-refractivity contribution in [3.05, 3.63) is 0 Å². The lowest BCUT2D eigenvalue weighted by molar-refractivity contribution is -0.135. The molecule has 1 fully saturated rings. The molecule has 0 heterocycles. The van der Waals surface area contributed by atoms with Crippen LogP contribution < -0.4 is 10.6 Å². The minimum Gasteiger partial charge on any atom is -0.363 e. The van der Waals surface area contributed by atoms with E-state index in [-0.39, 0.29) is 6.42 Å². The van der Waals surface area contributed by atoms with Crippen molar-refractivity contribution in [3.8, 4) is 0 Å². The van der Waals surface area contributed by atoms with Crippen LogP contribution in [0.5, 0.6) is 0 Å². The molecule has 1 saturated carbocycles. The molecule has 0 aromatic carbocycles. The minimum absolute atomic E-state index is 0.155. The Morgan fingerprint density at radius 3 is 2.39 bits per heavy atom. The molecule has 0 aromatic heterocycles. The van der Waals surface area contributed by atoms with Gasteiger partial charge in [0.2, 0.25) is 0 Å². The number of thiocarbonyl (C=S) groups is 1. The minimum atomic E-state index is -4.04. The average molecular weight is 282 g/mol. The van der Waals surface area contributed by atoms with Crippen molar-refractivity contribution >= 4 is 17.3 Å². The zero-order valence-electron chi connectivity index (χ0n) is 10.5. The lowest BCUT2D eigenvalue weighted by atomic mass is 9.96. The first-order valence-electron chi connectivity index (χ1n) is 6.58. The zero-order chi connectivity index (χ0) is 13.4. The molecule has 6 heteroatoms. The van der Waals surface area contributed by atoms with E-state index in [9.17, 15) is 13.2 Å². The number of nitrogens with one attached hydrogen (secondary N) is 2. The number of alkyl halides is 3. The van der Waals surface area contributed by atoms with Gasteiger partial charge in [-0.2, -0.15) is 13.2 Å². The lowest BCUT2D eigenvalue weighted by Crippen LogP contribution is -2.42. The summed E-state index contributed by atoms with van der Waals surface area (Å²) in [6.45, 7) is 0.509. The van der Waals surface area contributed by atoms with Crippen molar-refractivity contribution in [1.82, 2.24) is 10.6 Å². The quantitative estimate of drug-likeness (QED) is 0.596. The van der Waals surface area contributed by atoms with Crippen LogP contribution in [0.1, 0.15) is 51.4 Å². The second-order valence-corrected chi connectivity index (χ2v) is 5.22. The molecule has 0 aliphatic heterocycles. The Bertz CT molecular complexity index is 250. The highest BCUT2D eigenvalue weighted by Gasteiger charge is 2.25.